The zero-order valence-corrected chi connectivity index (χ0v) is 25.6. The van der Waals surface area contributed by atoms with Gasteiger partial charge in [0, 0.05) is 25.8 Å². The smallest absolute Gasteiger partial charge is 0.191 e. The average molecular weight is 570 g/mol. The van der Waals surface area contributed by atoms with Gasteiger partial charge in [-0.2, -0.15) is 0 Å². The Morgan fingerprint density at radius 3 is 2.21 bits per heavy atom. The largest absolute Gasteiger partial charge is 0.475 e. The van der Waals surface area contributed by atoms with Crippen LogP contribution in [0.25, 0.3) is 21.9 Å². The quantitative estimate of drug-likeness (QED) is 0.229. The lowest BCUT2D eigenvalue weighted by molar-refractivity contribution is -0.150. The first-order valence-corrected chi connectivity index (χ1v) is 16.4. The molecule has 0 spiro atoms. The van der Waals surface area contributed by atoms with Crippen molar-refractivity contribution in [2.75, 3.05) is 27.0 Å². The fourth-order valence-electron chi connectivity index (χ4n) is 9.06. The van der Waals surface area contributed by atoms with Gasteiger partial charge in [0.05, 0.1) is 0 Å². The Labute approximate surface area is 251 Å². The van der Waals surface area contributed by atoms with Crippen LogP contribution in [0.15, 0.2) is 54.6 Å². The van der Waals surface area contributed by atoms with E-state index in [1.165, 1.54) is 85.3 Å². The first-order valence-electron chi connectivity index (χ1n) is 16.4. The summed E-state index contributed by atoms with van der Waals surface area (Å²) in [5, 5.41) is 2.51. The number of methoxy groups -OCH3 is 1. The van der Waals surface area contributed by atoms with E-state index in [0.717, 1.165) is 42.3 Å². The van der Waals surface area contributed by atoms with Gasteiger partial charge in [0.25, 0.3) is 0 Å². The van der Waals surface area contributed by atoms with Crippen LogP contribution >= 0.6 is 0 Å². The van der Waals surface area contributed by atoms with E-state index < -0.39 is 0 Å². The maximum atomic E-state index is 6.43. The molecule has 42 heavy (non-hydrogen) atoms. The number of hydrogen-bond donors (Lipinski definition) is 0. The van der Waals surface area contributed by atoms with E-state index in [2.05, 4.69) is 66.4 Å². The Morgan fingerprint density at radius 2 is 1.55 bits per heavy atom. The average Bonchev–Trinajstić information content (AvgIpc) is 3.00. The lowest BCUT2D eigenvalue weighted by Gasteiger charge is -2.57. The summed E-state index contributed by atoms with van der Waals surface area (Å²) >= 11 is 0. The molecule has 4 saturated carbocycles. The number of benzene rings is 3. The highest BCUT2D eigenvalue weighted by molar-refractivity contribution is 5.98. The molecular weight excluding hydrogens is 522 g/mol. The highest BCUT2D eigenvalue weighted by Gasteiger charge is 2.52. The molecule has 0 amide bonds. The van der Waals surface area contributed by atoms with Gasteiger partial charge in [-0.25, -0.2) is 0 Å². The van der Waals surface area contributed by atoms with Gasteiger partial charge in [-0.1, -0.05) is 36.8 Å². The highest BCUT2D eigenvalue weighted by atomic mass is 16.7. The Bertz CT molecular complexity index is 1340. The molecule has 5 heteroatoms. The zero-order valence-electron chi connectivity index (χ0n) is 25.6. The van der Waals surface area contributed by atoms with Crippen LogP contribution in [-0.4, -0.2) is 44.4 Å². The van der Waals surface area contributed by atoms with Crippen LogP contribution in [0.4, 0.5) is 0 Å². The second-order valence-electron chi connectivity index (χ2n) is 13.6. The third kappa shape index (κ3) is 5.56. The third-order valence-electron chi connectivity index (χ3n) is 10.8. The van der Waals surface area contributed by atoms with Gasteiger partial charge in [0.1, 0.15) is 17.7 Å². The molecule has 3 aromatic carbocycles. The predicted octanol–water partition coefficient (Wildman–Crippen LogP) is 8.53. The number of ether oxygens (including phenoxy) is 4. The second kappa shape index (κ2) is 11.8. The van der Waals surface area contributed by atoms with Gasteiger partial charge in [-0.15, -0.1) is 0 Å². The Kier molecular flexibility index (Phi) is 7.94. The van der Waals surface area contributed by atoms with Gasteiger partial charge in [0.15, 0.2) is 13.1 Å². The molecule has 4 bridgehead atoms. The molecule has 0 radical (unpaired) electrons. The van der Waals surface area contributed by atoms with Crippen molar-refractivity contribution in [3.63, 3.8) is 0 Å². The molecular formula is C37H47NO4. The topological polar surface area (TPSA) is 40.2 Å². The summed E-state index contributed by atoms with van der Waals surface area (Å²) in [5.74, 6) is 4.51. The van der Waals surface area contributed by atoms with E-state index in [4.69, 9.17) is 18.9 Å². The van der Waals surface area contributed by atoms with Gasteiger partial charge in [-0.3, -0.25) is 4.90 Å². The van der Waals surface area contributed by atoms with Crippen molar-refractivity contribution in [3.8, 4) is 22.6 Å². The molecule has 3 aromatic rings. The van der Waals surface area contributed by atoms with Crippen LogP contribution in [0.1, 0.15) is 77.2 Å². The van der Waals surface area contributed by atoms with Gasteiger partial charge >= 0.3 is 0 Å². The maximum absolute atomic E-state index is 6.43. The van der Waals surface area contributed by atoms with Crippen molar-refractivity contribution in [3.05, 3.63) is 60.2 Å². The number of fused-ring (bicyclic) bond motifs is 1. The molecule has 1 saturated heterocycles. The molecule has 224 valence electrons. The van der Waals surface area contributed by atoms with E-state index in [0.29, 0.717) is 0 Å². The maximum Gasteiger partial charge on any atom is 0.191 e. The fourth-order valence-corrected chi connectivity index (χ4v) is 9.06. The van der Waals surface area contributed by atoms with Crippen molar-refractivity contribution >= 4 is 10.8 Å². The number of likely N-dealkylation sites (tertiary alicyclic amines) is 1. The summed E-state index contributed by atoms with van der Waals surface area (Å²) in [7, 11) is 1.66. The first kappa shape index (κ1) is 28.2. The van der Waals surface area contributed by atoms with Crippen LogP contribution in [0.5, 0.6) is 11.5 Å². The van der Waals surface area contributed by atoms with Crippen molar-refractivity contribution in [2.24, 2.45) is 17.8 Å². The lowest BCUT2D eigenvalue weighted by atomic mass is 9.48. The van der Waals surface area contributed by atoms with Crippen LogP contribution in [0.2, 0.25) is 0 Å². The predicted molar refractivity (Wildman–Crippen MR) is 168 cm³/mol. The molecule has 0 N–H and O–H groups in total. The first-order chi connectivity index (χ1) is 20.5. The third-order valence-corrected chi connectivity index (χ3v) is 10.8. The highest BCUT2D eigenvalue weighted by Crippen LogP contribution is 2.62. The van der Waals surface area contributed by atoms with Gasteiger partial charge in [-0.05, 0) is 135 Å². The minimum absolute atomic E-state index is 0.103. The van der Waals surface area contributed by atoms with E-state index >= 15 is 0 Å². The Morgan fingerprint density at radius 1 is 0.857 bits per heavy atom. The van der Waals surface area contributed by atoms with Gasteiger partial charge < -0.3 is 18.9 Å². The summed E-state index contributed by atoms with van der Waals surface area (Å²) in [6, 6.07) is 20.1. The van der Waals surface area contributed by atoms with E-state index in [1.807, 2.05) is 6.92 Å². The molecule has 8 rings (SSSR count). The standard InChI is InChI=1S/C37H47NO4/c1-25(38-14-5-4-6-15-38)42-32-12-10-30(11-13-32)33-9-7-8-31-19-36(41-24-40-26(2)39-3)35(20-34(31)33)37-21-27-16-28(22-37)18-29(17-27)23-37/h7-13,19-20,25-29H,4-6,14-18,21-24H2,1-3H3. The monoisotopic (exact) mass is 569 g/mol. The Hall–Kier alpha value is -2.60. The van der Waals surface area contributed by atoms with Crippen molar-refractivity contribution in [1.82, 2.24) is 4.90 Å². The zero-order chi connectivity index (χ0) is 28.7. The van der Waals surface area contributed by atoms with Crippen LogP contribution in [0.3, 0.4) is 0 Å². The molecule has 2 atom stereocenters. The summed E-state index contributed by atoms with van der Waals surface area (Å²) in [4.78, 5) is 2.45. The molecule has 1 heterocycles. The van der Waals surface area contributed by atoms with E-state index in [1.54, 1.807) is 7.11 Å². The normalized spacial score (nSPS) is 28.6. The van der Waals surface area contributed by atoms with Crippen LogP contribution in [0, 0.1) is 17.8 Å². The second-order valence-corrected chi connectivity index (χ2v) is 13.6. The van der Waals surface area contributed by atoms with Gasteiger partial charge in [0.2, 0.25) is 0 Å². The number of piperidine rings is 1. The molecule has 5 nitrogen and oxygen atoms in total. The van der Waals surface area contributed by atoms with Crippen LogP contribution in [-0.2, 0) is 14.9 Å². The lowest BCUT2D eigenvalue weighted by Crippen LogP contribution is -2.48. The molecule has 5 aliphatic rings. The molecule has 0 aromatic heterocycles. The molecule has 4 aliphatic carbocycles. The summed E-state index contributed by atoms with van der Waals surface area (Å²) in [6.45, 7) is 6.53. The van der Waals surface area contributed by atoms with Crippen molar-refractivity contribution in [2.45, 2.75) is 89.6 Å². The molecule has 5 fully saturated rings. The molecule has 2 unspecified atom stereocenters. The minimum atomic E-state index is -0.296. The molecule has 1 aliphatic heterocycles. The number of hydrogen-bond acceptors (Lipinski definition) is 5. The summed E-state index contributed by atoms with van der Waals surface area (Å²) in [6.07, 6.45) is 11.8. The SMILES string of the molecule is COC(C)OCOc1cc2cccc(-c3ccc(OC(C)N4CCCCC4)cc3)c2cc1C12CC3CC(CC(C3)C1)C2. The van der Waals surface area contributed by atoms with Crippen molar-refractivity contribution < 1.29 is 18.9 Å². The van der Waals surface area contributed by atoms with E-state index in [-0.39, 0.29) is 24.7 Å². The summed E-state index contributed by atoms with van der Waals surface area (Å²) in [5.41, 5.74) is 4.09. The van der Waals surface area contributed by atoms with E-state index in [9.17, 15) is 0 Å². The fraction of sp³-hybridized carbons (Fsp3) is 0.568. The Balaban J connectivity index is 1.21. The number of rotatable bonds is 10. The van der Waals surface area contributed by atoms with Crippen molar-refractivity contribution in [1.29, 1.82) is 0 Å². The minimum Gasteiger partial charge on any atom is -0.475 e. The number of nitrogens with zero attached hydrogens (tertiary/aromatic N) is 1. The van der Waals surface area contributed by atoms with Crippen LogP contribution < -0.4 is 9.47 Å². The summed E-state index contributed by atoms with van der Waals surface area (Å²) < 4.78 is 23.9.